The summed E-state index contributed by atoms with van der Waals surface area (Å²) in [5, 5.41) is 13.0. The van der Waals surface area contributed by atoms with Gasteiger partial charge >= 0.3 is 13.6 Å². The van der Waals surface area contributed by atoms with Crippen LogP contribution in [0.15, 0.2) is 54.7 Å². The van der Waals surface area contributed by atoms with Gasteiger partial charge in [-0.05, 0) is 50.5 Å². The van der Waals surface area contributed by atoms with Gasteiger partial charge in [-0.15, -0.1) is 0 Å². The number of hydrogen-bond acceptors (Lipinski definition) is 8. The largest absolute Gasteiger partial charge is 0.468 e. The minimum absolute atomic E-state index is 0.0191. The smallest absolute Gasteiger partial charge is 0.393 e. The molecule has 3 aromatic rings. The third kappa shape index (κ3) is 12.4. The van der Waals surface area contributed by atoms with Crippen LogP contribution in [0.5, 0.6) is 5.75 Å². The summed E-state index contributed by atoms with van der Waals surface area (Å²) in [7, 11) is -2.55. The lowest BCUT2D eigenvalue weighted by molar-refractivity contribution is -0.142. The molecule has 13 nitrogen and oxygen atoms in total. The molecule has 1 fully saturated rings. The van der Waals surface area contributed by atoms with Crippen LogP contribution in [0.25, 0.3) is 0 Å². The SMILES string of the molecule is CCCCCCCCCCCC(=O)n1cc(NC(=O)c2c(Cl)cccc2Cl)c(C(=O)NC2CCN(P(=O)(N[C@@H](C)C(=O)OC)Oc3ccccc3)CC2)n1. The molecule has 0 radical (unpaired) electrons. The summed E-state index contributed by atoms with van der Waals surface area (Å²) in [5.74, 6) is -1.82. The van der Waals surface area contributed by atoms with Gasteiger partial charge in [0.25, 0.3) is 11.8 Å². The van der Waals surface area contributed by atoms with E-state index in [4.69, 9.17) is 32.5 Å². The Hall–Kier alpha value is -3.74. The van der Waals surface area contributed by atoms with Crippen LogP contribution < -0.4 is 20.2 Å². The first-order valence-electron chi connectivity index (χ1n) is 18.6. The van der Waals surface area contributed by atoms with Crippen LogP contribution in [0.1, 0.15) is 117 Å². The number of hydrogen-bond donors (Lipinski definition) is 3. The lowest BCUT2D eigenvalue weighted by atomic mass is 10.1. The molecule has 0 spiro atoms. The fourth-order valence-electron chi connectivity index (χ4n) is 6.15. The first kappa shape index (κ1) is 43.0. The predicted molar refractivity (Wildman–Crippen MR) is 210 cm³/mol. The van der Waals surface area contributed by atoms with Crippen molar-refractivity contribution in [2.45, 2.75) is 103 Å². The van der Waals surface area contributed by atoms with Crippen molar-refractivity contribution in [1.82, 2.24) is 24.9 Å². The number of ether oxygens (including phenoxy) is 1. The number of amides is 2. The molecule has 2 aromatic carbocycles. The van der Waals surface area contributed by atoms with Gasteiger partial charge in [-0.2, -0.15) is 5.10 Å². The van der Waals surface area contributed by atoms with Gasteiger partial charge in [0.15, 0.2) is 5.69 Å². The number of carbonyl (C=O) groups excluding carboxylic acids is 4. The van der Waals surface area contributed by atoms with E-state index in [0.29, 0.717) is 25.0 Å². The van der Waals surface area contributed by atoms with Gasteiger partial charge < -0.3 is 19.9 Å². The van der Waals surface area contributed by atoms with Gasteiger partial charge in [-0.25, -0.2) is 19.0 Å². The summed E-state index contributed by atoms with van der Waals surface area (Å²) >= 11 is 12.6. The topological polar surface area (TPSA) is 161 Å². The minimum atomic E-state index is -3.80. The average molecular weight is 806 g/mol. The van der Waals surface area contributed by atoms with E-state index < -0.39 is 31.5 Å². The van der Waals surface area contributed by atoms with Crippen molar-refractivity contribution in [3.05, 3.63) is 76.0 Å². The van der Waals surface area contributed by atoms with Gasteiger partial charge in [0.05, 0.1) is 34.6 Å². The van der Waals surface area contributed by atoms with E-state index in [1.165, 1.54) is 64.5 Å². The molecular weight excluding hydrogens is 754 g/mol. The molecule has 3 N–H and O–H groups in total. The zero-order valence-corrected chi connectivity index (χ0v) is 33.6. The standard InChI is InChI=1S/C38H51Cl2N6O7P/c1-4-5-6-7-8-9-10-11-15-21-33(47)46-26-32(42-36(48)34-30(39)19-16-20-31(34)40)35(43-46)37(49)41-28-22-24-45(25-23-28)54(51,44-27(2)38(50)52-3)53-29-17-13-12-14-18-29/h12-14,16-20,26-28H,4-11,15,21-25H2,1-3H3,(H,41,49)(H,42,48)(H,44,51)/t27-,54?/m0/s1. The van der Waals surface area contributed by atoms with E-state index in [0.717, 1.165) is 23.9 Å². The van der Waals surface area contributed by atoms with Crippen LogP contribution in [0.2, 0.25) is 10.0 Å². The lowest BCUT2D eigenvalue weighted by Crippen LogP contribution is -2.47. The van der Waals surface area contributed by atoms with Gasteiger partial charge in [0.2, 0.25) is 5.91 Å². The van der Waals surface area contributed by atoms with Gasteiger partial charge in [0, 0.05) is 25.6 Å². The molecule has 54 heavy (non-hydrogen) atoms. The molecule has 294 valence electrons. The summed E-state index contributed by atoms with van der Waals surface area (Å²) in [6.45, 7) is 4.23. The van der Waals surface area contributed by atoms with Crippen LogP contribution in [0, 0.1) is 0 Å². The number of para-hydroxylation sites is 1. The third-order valence-electron chi connectivity index (χ3n) is 9.18. The second-order valence-corrected chi connectivity index (χ2v) is 16.2. The van der Waals surface area contributed by atoms with Crippen molar-refractivity contribution in [2.75, 3.05) is 25.5 Å². The zero-order chi connectivity index (χ0) is 39.1. The number of nitrogens with zero attached hydrogens (tertiary/aromatic N) is 3. The van der Waals surface area contributed by atoms with Crippen molar-refractivity contribution in [1.29, 1.82) is 0 Å². The second kappa shape index (κ2) is 21.4. The van der Waals surface area contributed by atoms with Crippen LogP contribution in [-0.2, 0) is 14.1 Å². The molecule has 2 heterocycles. The molecule has 0 bridgehead atoms. The van der Waals surface area contributed by atoms with E-state index in [1.54, 1.807) is 41.1 Å². The first-order valence-corrected chi connectivity index (χ1v) is 20.9. The van der Waals surface area contributed by atoms with E-state index in [2.05, 4.69) is 27.7 Å². The molecule has 4 rings (SSSR count). The second-order valence-electron chi connectivity index (χ2n) is 13.4. The van der Waals surface area contributed by atoms with Gasteiger partial charge in [-0.1, -0.05) is 106 Å². The highest BCUT2D eigenvalue weighted by Crippen LogP contribution is 2.48. The minimum Gasteiger partial charge on any atom is -0.468 e. The highest BCUT2D eigenvalue weighted by Gasteiger charge is 2.39. The molecule has 1 aliphatic heterocycles. The Balaban J connectivity index is 1.44. The summed E-state index contributed by atoms with van der Waals surface area (Å²) in [4.78, 5) is 52.5. The number of rotatable bonds is 20. The van der Waals surface area contributed by atoms with Crippen LogP contribution in [-0.4, -0.2) is 70.4 Å². The number of halogens is 2. The summed E-state index contributed by atoms with van der Waals surface area (Å²) in [6, 6.07) is 12.0. The molecule has 1 saturated heterocycles. The third-order valence-corrected chi connectivity index (χ3v) is 12.1. The van der Waals surface area contributed by atoms with E-state index >= 15 is 0 Å². The number of carbonyl (C=O) groups is 4. The van der Waals surface area contributed by atoms with E-state index in [9.17, 15) is 23.7 Å². The van der Waals surface area contributed by atoms with Crippen molar-refractivity contribution < 1.29 is 33.0 Å². The number of nitrogens with one attached hydrogen (secondary N) is 3. The van der Waals surface area contributed by atoms with E-state index in [1.807, 2.05) is 0 Å². The van der Waals surface area contributed by atoms with Crippen molar-refractivity contribution >= 4 is 60.3 Å². The molecule has 1 aliphatic rings. The number of piperidine rings is 1. The summed E-state index contributed by atoms with van der Waals surface area (Å²) < 4.78 is 27.8. The molecule has 16 heteroatoms. The Labute approximate surface area is 327 Å². The zero-order valence-electron chi connectivity index (χ0n) is 31.2. The van der Waals surface area contributed by atoms with Gasteiger partial charge in [0.1, 0.15) is 11.8 Å². The highest BCUT2D eigenvalue weighted by molar-refractivity contribution is 7.54. The number of esters is 1. The fourth-order valence-corrected chi connectivity index (χ4v) is 8.81. The predicted octanol–water partition coefficient (Wildman–Crippen LogP) is 8.54. The maximum Gasteiger partial charge on any atom is 0.393 e. The molecule has 2 atom stereocenters. The van der Waals surface area contributed by atoms with Crippen LogP contribution in [0.3, 0.4) is 0 Å². The molecule has 0 aliphatic carbocycles. The Morgan fingerprint density at radius 2 is 1.50 bits per heavy atom. The average Bonchev–Trinajstić information content (AvgIpc) is 3.58. The van der Waals surface area contributed by atoms with Crippen LogP contribution >= 0.6 is 30.9 Å². The monoisotopic (exact) mass is 804 g/mol. The van der Waals surface area contributed by atoms with E-state index in [-0.39, 0.29) is 58.4 Å². The molecule has 2 amide bonds. The summed E-state index contributed by atoms with van der Waals surface area (Å²) in [5.41, 5.74) is -0.111. The molecule has 1 aromatic heterocycles. The highest BCUT2D eigenvalue weighted by atomic mass is 35.5. The van der Waals surface area contributed by atoms with Crippen molar-refractivity contribution in [3.63, 3.8) is 0 Å². The number of aromatic nitrogens is 2. The maximum atomic E-state index is 14.3. The molecular formula is C38H51Cl2N6O7P. The Bertz CT molecular complexity index is 1750. The lowest BCUT2D eigenvalue weighted by Gasteiger charge is -2.37. The fraction of sp³-hybridized carbons (Fsp3) is 0.500. The number of methoxy groups -OCH3 is 1. The normalized spacial score (nSPS) is 15.2. The summed E-state index contributed by atoms with van der Waals surface area (Å²) in [6.07, 6.45) is 12.2. The molecule has 0 saturated carbocycles. The number of unbranched alkanes of at least 4 members (excludes halogenated alkanes) is 8. The van der Waals surface area contributed by atoms with Gasteiger partial charge in [-0.3, -0.25) is 19.2 Å². The van der Waals surface area contributed by atoms with Crippen molar-refractivity contribution in [2.24, 2.45) is 0 Å². The number of benzene rings is 2. The Morgan fingerprint density at radius 3 is 2.11 bits per heavy atom. The Kier molecular flexibility index (Phi) is 17.0. The maximum absolute atomic E-state index is 14.3. The first-order chi connectivity index (χ1) is 25.9. The van der Waals surface area contributed by atoms with Crippen LogP contribution in [0.4, 0.5) is 5.69 Å². The number of anilines is 1. The Morgan fingerprint density at radius 1 is 0.889 bits per heavy atom. The quantitative estimate of drug-likeness (QED) is 0.0574. The van der Waals surface area contributed by atoms with Crippen molar-refractivity contribution in [3.8, 4) is 5.75 Å². The molecule has 1 unspecified atom stereocenters.